The van der Waals surface area contributed by atoms with Gasteiger partial charge in [-0.05, 0) is 63.5 Å². The van der Waals surface area contributed by atoms with E-state index in [1.54, 1.807) is 0 Å². The fourth-order valence-electron chi connectivity index (χ4n) is 4.27. The Bertz CT molecular complexity index is 314. The second kappa shape index (κ2) is 6.33. The molecule has 3 heteroatoms. The van der Waals surface area contributed by atoms with E-state index in [9.17, 15) is 5.11 Å². The predicted molar refractivity (Wildman–Crippen MR) is 84.9 cm³/mol. The molecule has 2 fully saturated rings. The Morgan fingerprint density at radius 2 is 2.00 bits per heavy atom. The summed E-state index contributed by atoms with van der Waals surface area (Å²) < 4.78 is 0. The van der Waals surface area contributed by atoms with Crippen molar-refractivity contribution in [3.05, 3.63) is 0 Å². The van der Waals surface area contributed by atoms with Crippen molar-refractivity contribution in [3.8, 4) is 0 Å². The first-order valence-corrected chi connectivity index (χ1v) is 8.49. The molecule has 2 rings (SSSR count). The number of likely N-dealkylation sites (tertiary alicyclic amines) is 1. The molecule has 0 aromatic rings. The molecule has 0 amide bonds. The van der Waals surface area contributed by atoms with E-state index in [1.165, 1.54) is 19.3 Å². The number of hydrogen-bond acceptors (Lipinski definition) is 3. The molecule has 0 bridgehead atoms. The number of rotatable bonds is 4. The standard InChI is InChI=1S/C17H34N2O/c1-5-18-15-7-9-16(2,3)11-14(15)12-19-10-6-8-17(4,20)13-19/h14-15,18,20H,5-13H2,1-4H3. The highest BCUT2D eigenvalue weighted by Crippen LogP contribution is 2.39. The van der Waals surface area contributed by atoms with Crippen LogP contribution in [-0.4, -0.2) is 47.8 Å². The molecule has 2 N–H and O–H groups in total. The summed E-state index contributed by atoms with van der Waals surface area (Å²) in [5, 5.41) is 14.0. The molecule has 2 aliphatic rings. The van der Waals surface area contributed by atoms with Crippen LogP contribution in [-0.2, 0) is 0 Å². The molecule has 0 radical (unpaired) electrons. The van der Waals surface area contributed by atoms with E-state index < -0.39 is 5.60 Å². The van der Waals surface area contributed by atoms with Gasteiger partial charge in [0, 0.05) is 19.1 Å². The third-order valence-electron chi connectivity index (χ3n) is 5.23. The van der Waals surface area contributed by atoms with Gasteiger partial charge >= 0.3 is 0 Å². The van der Waals surface area contributed by atoms with Gasteiger partial charge in [-0.3, -0.25) is 0 Å². The minimum Gasteiger partial charge on any atom is -0.389 e. The zero-order valence-electron chi connectivity index (χ0n) is 13.9. The maximum Gasteiger partial charge on any atom is 0.0746 e. The lowest BCUT2D eigenvalue weighted by molar-refractivity contribution is -0.0267. The first-order valence-electron chi connectivity index (χ1n) is 8.49. The van der Waals surface area contributed by atoms with Crippen molar-refractivity contribution >= 4 is 0 Å². The van der Waals surface area contributed by atoms with Crippen LogP contribution >= 0.6 is 0 Å². The van der Waals surface area contributed by atoms with E-state index in [2.05, 4.69) is 31.0 Å². The number of aliphatic hydroxyl groups is 1. The normalized spacial score (nSPS) is 38.9. The average Bonchev–Trinajstić information content (AvgIpc) is 2.31. The molecule has 3 nitrogen and oxygen atoms in total. The largest absolute Gasteiger partial charge is 0.389 e. The van der Waals surface area contributed by atoms with Crippen molar-refractivity contribution in [3.63, 3.8) is 0 Å². The van der Waals surface area contributed by atoms with Crippen molar-refractivity contribution in [2.75, 3.05) is 26.2 Å². The van der Waals surface area contributed by atoms with Gasteiger partial charge < -0.3 is 15.3 Å². The third-order valence-corrected chi connectivity index (χ3v) is 5.23. The lowest BCUT2D eigenvalue weighted by atomic mass is 9.69. The van der Waals surface area contributed by atoms with Crippen molar-refractivity contribution in [1.29, 1.82) is 0 Å². The van der Waals surface area contributed by atoms with Crippen LogP contribution in [0.1, 0.15) is 59.8 Å². The van der Waals surface area contributed by atoms with Gasteiger partial charge in [-0.15, -0.1) is 0 Å². The molecular weight excluding hydrogens is 248 g/mol. The number of nitrogens with one attached hydrogen (secondary N) is 1. The van der Waals surface area contributed by atoms with Crippen LogP contribution in [0.4, 0.5) is 0 Å². The van der Waals surface area contributed by atoms with Gasteiger partial charge in [0.1, 0.15) is 0 Å². The molecule has 0 aromatic carbocycles. The summed E-state index contributed by atoms with van der Waals surface area (Å²) >= 11 is 0. The lowest BCUT2D eigenvalue weighted by Gasteiger charge is -2.45. The molecule has 20 heavy (non-hydrogen) atoms. The van der Waals surface area contributed by atoms with Gasteiger partial charge in [-0.1, -0.05) is 20.8 Å². The minimum absolute atomic E-state index is 0.476. The van der Waals surface area contributed by atoms with E-state index >= 15 is 0 Å². The molecule has 3 unspecified atom stereocenters. The Morgan fingerprint density at radius 1 is 1.25 bits per heavy atom. The topological polar surface area (TPSA) is 35.5 Å². The molecule has 1 saturated carbocycles. The van der Waals surface area contributed by atoms with Crippen molar-refractivity contribution in [2.45, 2.75) is 71.4 Å². The van der Waals surface area contributed by atoms with Gasteiger partial charge in [-0.25, -0.2) is 0 Å². The Hall–Kier alpha value is -0.120. The Morgan fingerprint density at radius 3 is 2.65 bits per heavy atom. The summed E-state index contributed by atoms with van der Waals surface area (Å²) in [6.45, 7) is 13.3. The molecule has 3 atom stereocenters. The monoisotopic (exact) mass is 282 g/mol. The summed E-state index contributed by atoms with van der Waals surface area (Å²) in [4.78, 5) is 2.50. The van der Waals surface area contributed by atoms with E-state index in [1.807, 2.05) is 6.92 Å². The summed E-state index contributed by atoms with van der Waals surface area (Å²) in [7, 11) is 0. The van der Waals surface area contributed by atoms with E-state index in [0.717, 1.165) is 44.9 Å². The maximum absolute atomic E-state index is 10.3. The van der Waals surface area contributed by atoms with Gasteiger partial charge in [0.2, 0.25) is 0 Å². The zero-order valence-corrected chi connectivity index (χ0v) is 13.9. The first kappa shape index (κ1) is 16.3. The summed E-state index contributed by atoms with van der Waals surface area (Å²) in [6.07, 6.45) is 6.03. The highest BCUT2D eigenvalue weighted by molar-refractivity contribution is 4.92. The minimum atomic E-state index is -0.476. The fourth-order valence-corrected chi connectivity index (χ4v) is 4.27. The van der Waals surface area contributed by atoms with Crippen molar-refractivity contribution < 1.29 is 5.11 Å². The van der Waals surface area contributed by atoms with Crippen LogP contribution in [0, 0.1) is 11.3 Å². The van der Waals surface area contributed by atoms with Crippen LogP contribution in [0.2, 0.25) is 0 Å². The van der Waals surface area contributed by atoms with Crippen LogP contribution in [0.15, 0.2) is 0 Å². The molecule has 1 aliphatic carbocycles. The second-order valence-electron chi connectivity index (χ2n) is 8.17. The quantitative estimate of drug-likeness (QED) is 0.832. The number of nitrogens with zero attached hydrogens (tertiary/aromatic N) is 1. The van der Waals surface area contributed by atoms with E-state index in [-0.39, 0.29) is 0 Å². The smallest absolute Gasteiger partial charge is 0.0746 e. The highest BCUT2D eigenvalue weighted by Gasteiger charge is 2.37. The number of β-amino-alcohol motifs (C(OH)–C–C–N with tert-alkyl or cyclic N) is 1. The number of piperidine rings is 1. The lowest BCUT2D eigenvalue weighted by Crippen LogP contribution is -2.52. The molecule has 1 heterocycles. The zero-order chi connectivity index (χ0) is 14.8. The Kier molecular flexibility index (Phi) is 5.14. The maximum atomic E-state index is 10.3. The molecule has 1 saturated heterocycles. The summed E-state index contributed by atoms with van der Waals surface area (Å²) in [5.41, 5.74) is 0.00497. The Balaban J connectivity index is 1.96. The molecular formula is C17H34N2O. The molecule has 0 spiro atoms. The van der Waals surface area contributed by atoms with E-state index in [4.69, 9.17) is 0 Å². The second-order valence-corrected chi connectivity index (χ2v) is 8.17. The van der Waals surface area contributed by atoms with E-state index in [0.29, 0.717) is 11.5 Å². The molecule has 1 aliphatic heterocycles. The van der Waals surface area contributed by atoms with Crippen LogP contribution in [0.25, 0.3) is 0 Å². The first-order chi connectivity index (χ1) is 9.31. The van der Waals surface area contributed by atoms with Crippen molar-refractivity contribution in [1.82, 2.24) is 10.2 Å². The van der Waals surface area contributed by atoms with Crippen LogP contribution < -0.4 is 5.32 Å². The van der Waals surface area contributed by atoms with Gasteiger partial charge in [0.15, 0.2) is 0 Å². The van der Waals surface area contributed by atoms with Crippen LogP contribution in [0.5, 0.6) is 0 Å². The highest BCUT2D eigenvalue weighted by atomic mass is 16.3. The van der Waals surface area contributed by atoms with Gasteiger partial charge in [-0.2, -0.15) is 0 Å². The fraction of sp³-hybridized carbons (Fsp3) is 1.00. The van der Waals surface area contributed by atoms with Gasteiger partial charge in [0.05, 0.1) is 5.60 Å². The SMILES string of the molecule is CCNC1CCC(C)(C)CC1CN1CCCC(C)(O)C1. The average molecular weight is 282 g/mol. The summed E-state index contributed by atoms with van der Waals surface area (Å²) in [5.74, 6) is 0.729. The molecule has 0 aromatic heterocycles. The Labute approximate surface area is 125 Å². The predicted octanol–water partition coefficient (Wildman–Crippen LogP) is 2.64. The summed E-state index contributed by atoms with van der Waals surface area (Å²) in [6, 6.07) is 0.667. The third kappa shape index (κ3) is 4.44. The number of hydrogen-bond donors (Lipinski definition) is 2. The van der Waals surface area contributed by atoms with Crippen LogP contribution in [0.3, 0.4) is 0 Å². The van der Waals surface area contributed by atoms with Gasteiger partial charge in [0.25, 0.3) is 0 Å². The van der Waals surface area contributed by atoms with Crippen molar-refractivity contribution in [2.24, 2.45) is 11.3 Å². The molecule has 118 valence electrons.